The highest BCUT2D eigenvalue weighted by Crippen LogP contribution is 2.29. The maximum absolute atomic E-state index is 12.0. The Labute approximate surface area is 146 Å². The number of esters is 1. The molecule has 0 aliphatic heterocycles. The molecular formula is C19H22N2O2S. The zero-order chi connectivity index (χ0) is 17.5. The summed E-state index contributed by atoms with van der Waals surface area (Å²) in [5, 5.41) is 0. The molecule has 0 aliphatic rings. The van der Waals surface area contributed by atoms with Gasteiger partial charge in [0.25, 0.3) is 0 Å². The standard InChI is InChI=1S/C19H22N2O2S/c1-6-23-17(22)16-12(2)21-11-15(20-18(21)24-16)13-7-9-14(10-8-13)19(3,4)5/h7-11H,6H2,1-5H3. The average Bonchev–Trinajstić information content (AvgIpc) is 3.07. The Balaban J connectivity index is 1.96. The number of fused-ring (bicyclic) bond motifs is 1. The first-order valence-electron chi connectivity index (χ1n) is 8.07. The molecule has 24 heavy (non-hydrogen) atoms. The monoisotopic (exact) mass is 342 g/mol. The van der Waals surface area contributed by atoms with E-state index in [0.29, 0.717) is 11.5 Å². The quantitative estimate of drug-likeness (QED) is 0.639. The molecule has 0 aliphatic carbocycles. The number of nitrogens with zero attached hydrogens (tertiary/aromatic N) is 2. The lowest BCUT2D eigenvalue weighted by Crippen LogP contribution is -2.10. The van der Waals surface area contributed by atoms with Crippen molar-refractivity contribution in [1.82, 2.24) is 9.38 Å². The Morgan fingerprint density at radius 1 is 1.25 bits per heavy atom. The number of carbonyl (C=O) groups is 1. The molecule has 0 fully saturated rings. The second kappa shape index (κ2) is 6.06. The second-order valence-electron chi connectivity index (χ2n) is 6.84. The zero-order valence-electron chi connectivity index (χ0n) is 14.7. The van der Waals surface area contributed by atoms with Gasteiger partial charge >= 0.3 is 5.97 Å². The van der Waals surface area contributed by atoms with Crippen molar-refractivity contribution in [3.63, 3.8) is 0 Å². The van der Waals surface area contributed by atoms with Crippen LogP contribution in [-0.2, 0) is 10.2 Å². The Morgan fingerprint density at radius 2 is 1.92 bits per heavy atom. The number of aryl methyl sites for hydroxylation is 1. The fourth-order valence-electron chi connectivity index (χ4n) is 2.62. The van der Waals surface area contributed by atoms with Gasteiger partial charge in [-0.25, -0.2) is 9.78 Å². The maximum atomic E-state index is 12.0. The molecule has 0 amide bonds. The van der Waals surface area contributed by atoms with Crippen LogP contribution in [0.15, 0.2) is 30.5 Å². The molecule has 0 saturated heterocycles. The molecule has 2 heterocycles. The molecule has 0 saturated carbocycles. The number of carbonyl (C=O) groups excluding carboxylic acids is 1. The van der Waals surface area contributed by atoms with E-state index in [9.17, 15) is 4.79 Å². The number of hydrogen-bond acceptors (Lipinski definition) is 4. The van der Waals surface area contributed by atoms with Crippen LogP contribution in [0.4, 0.5) is 0 Å². The number of aromatic nitrogens is 2. The Kier molecular flexibility index (Phi) is 4.22. The van der Waals surface area contributed by atoms with Gasteiger partial charge in [0, 0.05) is 17.5 Å². The lowest BCUT2D eigenvalue weighted by Gasteiger charge is -2.18. The first kappa shape index (κ1) is 16.7. The SMILES string of the molecule is CCOC(=O)c1sc2nc(-c3ccc(C(C)(C)C)cc3)cn2c1C. The van der Waals surface area contributed by atoms with Crippen molar-refractivity contribution in [3.8, 4) is 11.3 Å². The summed E-state index contributed by atoms with van der Waals surface area (Å²) in [5.74, 6) is -0.276. The van der Waals surface area contributed by atoms with Gasteiger partial charge in [0.05, 0.1) is 12.3 Å². The molecule has 126 valence electrons. The first-order chi connectivity index (χ1) is 11.3. The van der Waals surface area contributed by atoms with Crippen LogP contribution < -0.4 is 0 Å². The third-order valence-electron chi connectivity index (χ3n) is 4.06. The van der Waals surface area contributed by atoms with Crippen LogP contribution in [0.1, 0.15) is 48.6 Å². The van der Waals surface area contributed by atoms with Gasteiger partial charge in [-0.3, -0.25) is 4.40 Å². The van der Waals surface area contributed by atoms with Crippen LogP contribution in [0, 0.1) is 6.92 Å². The summed E-state index contributed by atoms with van der Waals surface area (Å²) in [7, 11) is 0. The number of imidazole rings is 1. The zero-order valence-corrected chi connectivity index (χ0v) is 15.5. The van der Waals surface area contributed by atoms with Gasteiger partial charge in [-0.15, -0.1) is 0 Å². The van der Waals surface area contributed by atoms with E-state index in [4.69, 9.17) is 4.74 Å². The number of ether oxygens (including phenoxy) is 1. The van der Waals surface area contributed by atoms with Crippen molar-refractivity contribution in [3.05, 3.63) is 46.6 Å². The van der Waals surface area contributed by atoms with E-state index in [1.54, 1.807) is 0 Å². The topological polar surface area (TPSA) is 43.6 Å². The highest BCUT2D eigenvalue weighted by atomic mass is 32.1. The van der Waals surface area contributed by atoms with Gasteiger partial charge < -0.3 is 4.74 Å². The fourth-order valence-corrected chi connectivity index (χ4v) is 3.62. The lowest BCUT2D eigenvalue weighted by atomic mass is 9.86. The highest BCUT2D eigenvalue weighted by Gasteiger charge is 2.19. The van der Waals surface area contributed by atoms with Gasteiger partial charge in [-0.1, -0.05) is 56.4 Å². The molecular weight excluding hydrogens is 320 g/mol. The van der Waals surface area contributed by atoms with Crippen LogP contribution in [0.25, 0.3) is 16.2 Å². The van der Waals surface area contributed by atoms with Crippen molar-refractivity contribution < 1.29 is 9.53 Å². The van der Waals surface area contributed by atoms with Crippen molar-refractivity contribution in [1.29, 1.82) is 0 Å². The second-order valence-corrected chi connectivity index (χ2v) is 7.82. The van der Waals surface area contributed by atoms with E-state index in [0.717, 1.165) is 21.9 Å². The van der Waals surface area contributed by atoms with E-state index >= 15 is 0 Å². The molecule has 4 nitrogen and oxygen atoms in total. The van der Waals surface area contributed by atoms with Gasteiger partial charge in [0.2, 0.25) is 0 Å². The van der Waals surface area contributed by atoms with E-state index in [1.807, 2.05) is 24.4 Å². The largest absolute Gasteiger partial charge is 0.462 e. The van der Waals surface area contributed by atoms with Gasteiger partial charge in [-0.2, -0.15) is 0 Å². The molecule has 0 N–H and O–H groups in total. The number of thiazole rings is 1. The molecule has 0 spiro atoms. The Hall–Kier alpha value is -2.14. The minimum atomic E-state index is -0.276. The van der Waals surface area contributed by atoms with Crippen molar-refractivity contribution in [2.24, 2.45) is 0 Å². The normalized spacial score (nSPS) is 11.9. The predicted molar refractivity (Wildman–Crippen MR) is 97.9 cm³/mol. The van der Waals surface area contributed by atoms with Crippen molar-refractivity contribution >= 4 is 22.3 Å². The number of rotatable bonds is 3. The molecule has 0 unspecified atom stereocenters. The van der Waals surface area contributed by atoms with Crippen LogP contribution >= 0.6 is 11.3 Å². The summed E-state index contributed by atoms with van der Waals surface area (Å²) < 4.78 is 7.06. The van der Waals surface area contributed by atoms with Crippen LogP contribution in [0.3, 0.4) is 0 Å². The van der Waals surface area contributed by atoms with Gasteiger partial charge in [-0.05, 0) is 24.8 Å². The molecule has 0 atom stereocenters. The molecule has 2 aromatic heterocycles. The number of hydrogen-bond donors (Lipinski definition) is 0. The van der Waals surface area contributed by atoms with Gasteiger partial charge in [0.1, 0.15) is 4.88 Å². The minimum Gasteiger partial charge on any atom is -0.462 e. The molecule has 1 aromatic carbocycles. The van der Waals surface area contributed by atoms with E-state index in [1.165, 1.54) is 16.9 Å². The summed E-state index contributed by atoms with van der Waals surface area (Å²) in [6, 6.07) is 8.52. The maximum Gasteiger partial charge on any atom is 0.350 e. The highest BCUT2D eigenvalue weighted by molar-refractivity contribution is 7.19. The van der Waals surface area contributed by atoms with Crippen LogP contribution in [0.5, 0.6) is 0 Å². The third-order valence-corrected chi connectivity index (χ3v) is 5.20. The summed E-state index contributed by atoms with van der Waals surface area (Å²) in [4.78, 5) is 18.1. The summed E-state index contributed by atoms with van der Waals surface area (Å²) in [6.07, 6.45) is 1.98. The summed E-state index contributed by atoms with van der Waals surface area (Å²) >= 11 is 1.37. The molecule has 3 aromatic rings. The average molecular weight is 342 g/mol. The minimum absolute atomic E-state index is 0.137. The van der Waals surface area contributed by atoms with E-state index in [-0.39, 0.29) is 11.4 Å². The van der Waals surface area contributed by atoms with E-state index in [2.05, 4.69) is 50.0 Å². The Morgan fingerprint density at radius 3 is 2.46 bits per heavy atom. The molecule has 3 rings (SSSR count). The summed E-state index contributed by atoms with van der Waals surface area (Å²) in [5.41, 5.74) is 4.31. The predicted octanol–water partition coefficient (Wildman–Crippen LogP) is 4.85. The van der Waals surface area contributed by atoms with Crippen LogP contribution in [0.2, 0.25) is 0 Å². The molecule has 0 bridgehead atoms. The van der Waals surface area contributed by atoms with Gasteiger partial charge in [0.15, 0.2) is 4.96 Å². The van der Waals surface area contributed by atoms with Crippen molar-refractivity contribution in [2.45, 2.75) is 40.0 Å². The van der Waals surface area contributed by atoms with E-state index < -0.39 is 0 Å². The lowest BCUT2D eigenvalue weighted by molar-refractivity contribution is 0.0531. The molecule has 0 radical (unpaired) electrons. The van der Waals surface area contributed by atoms with Crippen LogP contribution in [-0.4, -0.2) is 22.0 Å². The first-order valence-corrected chi connectivity index (χ1v) is 8.89. The summed E-state index contributed by atoms with van der Waals surface area (Å²) in [6.45, 7) is 10.7. The number of benzene rings is 1. The Bertz CT molecular complexity index is 883. The smallest absolute Gasteiger partial charge is 0.350 e. The fraction of sp³-hybridized carbons (Fsp3) is 0.368. The molecule has 5 heteroatoms. The third kappa shape index (κ3) is 2.96. The van der Waals surface area contributed by atoms with Crippen molar-refractivity contribution in [2.75, 3.05) is 6.61 Å².